The van der Waals surface area contributed by atoms with Crippen molar-refractivity contribution in [3.63, 3.8) is 0 Å². The van der Waals surface area contributed by atoms with Gasteiger partial charge in [0.2, 0.25) is 0 Å². The van der Waals surface area contributed by atoms with Crippen molar-refractivity contribution in [3.05, 3.63) is 63.1 Å². The summed E-state index contributed by atoms with van der Waals surface area (Å²) in [6.07, 6.45) is 0. The van der Waals surface area contributed by atoms with Gasteiger partial charge in [-0.2, -0.15) is 5.26 Å². The molecule has 0 aliphatic heterocycles. The summed E-state index contributed by atoms with van der Waals surface area (Å²) in [7, 11) is 1.88. The van der Waals surface area contributed by atoms with E-state index in [1.54, 1.807) is 18.2 Å². The number of nitriles is 1. The van der Waals surface area contributed by atoms with Gasteiger partial charge < -0.3 is 10.1 Å². The van der Waals surface area contributed by atoms with E-state index in [1.165, 1.54) is 0 Å². The lowest BCUT2D eigenvalue weighted by molar-refractivity contribution is 0.306. The van der Waals surface area contributed by atoms with Gasteiger partial charge >= 0.3 is 0 Å². The van der Waals surface area contributed by atoms with Crippen LogP contribution in [0.3, 0.4) is 0 Å². The van der Waals surface area contributed by atoms with Gasteiger partial charge in [0.15, 0.2) is 0 Å². The quantitative estimate of drug-likeness (QED) is 0.899. The van der Waals surface area contributed by atoms with Gasteiger partial charge in [0, 0.05) is 17.1 Å². The summed E-state index contributed by atoms with van der Waals surface area (Å²) in [6.45, 7) is 1.05. The molecule has 0 atom stereocenters. The van der Waals surface area contributed by atoms with E-state index in [9.17, 15) is 0 Å². The van der Waals surface area contributed by atoms with Gasteiger partial charge in [-0.1, -0.05) is 35.3 Å². The third-order valence-corrected chi connectivity index (χ3v) is 3.59. The third kappa shape index (κ3) is 4.12. The largest absolute Gasteiger partial charge is 0.487 e. The van der Waals surface area contributed by atoms with Gasteiger partial charge in [0.1, 0.15) is 12.4 Å². The smallest absolute Gasteiger partial charge is 0.138 e. The molecule has 5 heteroatoms. The number of halogens is 2. The lowest BCUT2D eigenvalue weighted by Gasteiger charge is -2.10. The van der Waals surface area contributed by atoms with Crippen molar-refractivity contribution in [2.24, 2.45) is 0 Å². The summed E-state index contributed by atoms with van der Waals surface area (Å²) in [5.41, 5.74) is 2.43. The normalized spacial score (nSPS) is 10.2. The lowest BCUT2D eigenvalue weighted by Crippen LogP contribution is -2.05. The molecule has 0 saturated carbocycles. The maximum absolute atomic E-state index is 8.80. The van der Waals surface area contributed by atoms with E-state index in [-0.39, 0.29) is 0 Å². The average Bonchev–Trinajstić information content (AvgIpc) is 2.48. The van der Waals surface area contributed by atoms with Crippen molar-refractivity contribution in [1.82, 2.24) is 5.32 Å². The molecule has 0 unspecified atom stereocenters. The molecule has 0 bridgehead atoms. The minimum absolute atomic E-state index is 0.301. The first kappa shape index (κ1) is 15.7. The summed E-state index contributed by atoms with van der Waals surface area (Å²) in [6, 6.07) is 12.8. The van der Waals surface area contributed by atoms with Gasteiger partial charge in [-0.05, 0) is 36.9 Å². The van der Waals surface area contributed by atoms with Crippen molar-refractivity contribution < 1.29 is 4.74 Å². The number of hydrogen-bond acceptors (Lipinski definition) is 3. The Bertz CT molecular complexity index is 680. The minimum Gasteiger partial charge on any atom is -0.487 e. The Hall–Kier alpha value is -1.73. The van der Waals surface area contributed by atoms with Crippen LogP contribution in [0, 0.1) is 11.3 Å². The van der Waals surface area contributed by atoms with Crippen LogP contribution in [0.4, 0.5) is 0 Å². The highest BCUT2D eigenvalue weighted by molar-refractivity contribution is 6.32. The van der Waals surface area contributed by atoms with Gasteiger partial charge in [-0.25, -0.2) is 0 Å². The zero-order valence-corrected chi connectivity index (χ0v) is 13.0. The fraction of sp³-hybridized carbons (Fsp3) is 0.188. The number of rotatable bonds is 5. The molecule has 0 amide bonds. The molecule has 1 N–H and O–H groups in total. The van der Waals surface area contributed by atoms with Gasteiger partial charge in [0.25, 0.3) is 0 Å². The first-order valence-corrected chi connectivity index (χ1v) is 7.14. The first-order valence-electron chi connectivity index (χ1n) is 6.38. The van der Waals surface area contributed by atoms with Crippen LogP contribution in [-0.4, -0.2) is 7.05 Å². The van der Waals surface area contributed by atoms with Crippen LogP contribution in [0.25, 0.3) is 0 Å². The predicted octanol–water partition coefficient (Wildman–Crippen LogP) is 4.16. The summed E-state index contributed by atoms with van der Waals surface area (Å²) in [5.74, 6) is 0.608. The molecule has 0 spiro atoms. The zero-order chi connectivity index (χ0) is 15.2. The standard InChI is InChI=1S/C16H14Cl2N2O/c1-20-9-12-3-5-16(15(18)7-12)21-10-13-4-2-11(8-19)6-14(13)17/h2-7,20H,9-10H2,1H3. The van der Waals surface area contributed by atoms with Crippen molar-refractivity contribution in [1.29, 1.82) is 5.26 Å². The molecule has 21 heavy (non-hydrogen) atoms. The fourth-order valence-corrected chi connectivity index (χ4v) is 2.36. The Morgan fingerprint density at radius 3 is 2.57 bits per heavy atom. The fourth-order valence-electron chi connectivity index (χ4n) is 1.86. The number of ether oxygens (including phenoxy) is 1. The van der Waals surface area contributed by atoms with Crippen LogP contribution in [0.2, 0.25) is 10.0 Å². The molecule has 0 aliphatic carbocycles. The Morgan fingerprint density at radius 2 is 1.95 bits per heavy atom. The van der Waals surface area contributed by atoms with Gasteiger partial charge in [-0.15, -0.1) is 0 Å². The molecule has 0 radical (unpaired) electrons. The second-order valence-corrected chi connectivity index (χ2v) is 5.32. The van der Waals surface area contributed by atoms with Gasteiger partial charge in [-0.3, -0.25) is 0 Å². The predicted molar refractivity (Wildman–Crippen MR) is 84.7 cm³/mol. The Balaban J connectivity index is 2.08. The van der Waals surface area contributed by atoms with E-state index in [2.05, 4.69) is 5.32 Å². The van der Waals surface area contributed by atoms with E-state index < -0.39 is 0 Å². The Labute approximate surface area is 134 Å². The van der Waals surface area contributed by atoms with E-state index in [0.717, 1.165) is 17.7 Å². The van der Waals surface area contributed by atoms with E-state index >= 15 is 0 Å². The second kappa shape index (κ2) is 7.33. The van der Waals surface area contributed by atoms with E-state index in [4.69, 9.17) is 33.2 Å². The third-order valence-electron chi connectivity index (χ3n) is 2.94. The zero-order valence-electron chi connectivity index (χ0n) is 11.5. The molecule has 2 aromatic rings. The van der Waals surface area contributed by atoms with Crippen LogP contribution in [0.5, 0.6) is 5.75 Å². The summed E-state index contributed by atoms with van der Waals surface area (Å²) in [4.78, 5) is 0. The molecule has 0 aromatic heterocycles. The van der Waals surface area contributed by atoms with E-state index in [0.29, 0.717) is 28.0 Å². The van der Waals surface area contributed by atoms with Crippen LogP contribution in [-0.2, 0) is 13.2 Å². The highest BCUT2D eigenvalue weighted by Crippen LogP contribution is 2.27. The average molecular weight is 321 g/mol. The van der Waals surface area contributed by atoms with Crippen LogP contribution < -0.4 is 10.1 Å². The molecule has 3 nitrogen and oxygen atoms in total. The summed E-state index contributed by atoms with van der Waals surface area (Å²) in [5, 5.41) is 12.9. The van der Waals surface area contributed by atoms with Gasteiger partial charge in [0.05, 0.1) is 16.7 Å². The molecule has 0 aliphatic rings. The number of benzene rings is 2. The highest BCUT2D eigenvalue weighted by Gasteiger charge is 2.06. The van der Waals surface area contributed by atoms with E-state index in [1.807, 2.05) is 31.3 Å². The lowest BCUT2D eigenvalue weighted by atomic mass is 10.1. The molecular weight excluding hydrogens is 307 g/mol. The Kier molecular flexibility index (Phi) is 5.46. The SMILES string of the molecule is CNCc1ccc(OCc2ccc(C#N)cc2Cl)c(Cl)c1. The second-order valence-electron chi connectivity index (χ2n) is 4.50. The number of nitrogens with one attached hydrogen (secondary N) is 1. The molecule has 2 aromatic carbocycles. The van der Waals surface area contributed by atoms with Crippen molar-refractivity contribution in [2.75, 3.05) is 7.05 Å². The van der Waals surface area contributed by atoms with Crippen molar-refractivity contribution in [3.8, 4) is 11.8 Å². The minimum atomic E-state index is 0.301. The number of nitrogens with zero attached hydrogens (tertiary/aromatic N) is 1. The van der Waals surface area contributed by atoms with Crippen LogP contribution in [0.1, 0.15) is 16.7 Å². The summed E-state index contributed by atoms with van der Waals surface area (Å²) < 4.78 is 5.69. The maximum atomic E-state index is 8.80. The van der Waals surface area contributed by atoms with Crippen LogP contribution in [0.15, 0.2) is 36.4 Å². The van der Waals surface area contributed by atoms with Crippen molar-refractivity contribution in [2.45, 2.75) is 13.2 Å². The number of hydrogen-bond donors (Lipinski definition) is 1. The first-order chi connectivity index (χ1) is 10.1. The molecule has 0 fully saturated rings. The molecule has 0 saturated heterocycles. The Morgan fingerprint density at radius 1 is 1.14 bits per heavy atom. The monoisotopic (exact) mass is 320 g/mol. The topological polar surface area (TPSA) is 45.0 Å². The summed E-state index contributed by atoms with van der Waals surface area (Å²) >= 11 is 12.3. The molecule has 0 heterocycles. The molecule has 2 rings (SSSR count). The maximum Gasteiger partial charge on any atom is 0.138 e. The molecular formula is C16H14Cl2N2O. The van der Waals surface area contributed by atoms with Crippen molar-refractivity contribution >= 4 is 23.2 Å². The van der Waals surface area contributed by atoms with Crippen LogP contribution >= 0.6 is 23.2 Å². The molecule has 108 valence electrons. The highest BCUT2D eigenvalue weighted by atomic mass is 35.5.